The molecule has 0 bridgehead atoms. The van der Waals surface area contributed by atoms with E-state index in [1.807, 2.05) is 73.7 Å². The van der Waals surface area contributed by atoms with Gasteiger partial charge in [0.05, 0.1) is 0 Å². The van der Waals surface area contributed by atoms with Crippen molar-refractivity contribution in [1.29, 1.82) is 0 Å². The molecule has 0 fully saturated rings. The van der Waals surface area contributed by atoms with Crippen molar-refractivity contribution in [3.8, 4) is 22.5 Å². The van der Waals surface area contributed by atoms with Crippen LogP contribution in [0.2, 0.25) is 0 Å². The molecule has 4 heteroatoms. The van der Waals surface area contributed by atoms with Gasteiger partial charge < -0.3 is 14.4 Å². The monoisotopic (exact) mass is 569 g/mol. The second-order valence-electron chi connectivity index (χ2n) is 6.70. The first-order valence-electron chi connectivity index (χ1n) is 9.43. The fourth-order valence-corrected chi connectivity index (χ4v) is 3.03. The zero-order valence-corrected chi connectivity index (χ0v) is 19.1. The fourth-order valence-electron chi connectivity index (χ4n) is 3.03. The van der Waals surface area contributed by atoms with Crippen LogP contribution < -0.4 is 0 Å². The summed E-state index contributed by atoms with van der Waals surface area (Å²) < 4.78 is 5.60. The number of pyridine rings is 2. The molecule has 0 saturated heterocycles. The minimum absolute atomic E-state index is 0. The van der Waals surface area contributed by atoms with Crippen LogP contribution in [0.1, 0.15) is 11.3 Å². The van der Waals surface area contributed by atoms with Gasteiger partial charge in [0, 0.05) is 37.9 Å². The van der Waals surface area contributed by atoms with Crippen LogP contribution in [0.4, 0.5) is 0 Å². The predicted molar refractivity (Wildman–Crippen MR) is 116 cm³/mol. The standard InChI is InChI=1S/C15H12NO.C11H8N.Ir/c1-10-3-5-12(6-4-10)15-13-9-11(2)17-14(13)7-8-16-15;1-2-6-10(7-3-1)11-8-4-5-9-12-11;/h3-5,7-9H,1-2H3;1-6,8-9H;/q2*-1;. The second-order valence-corrected chi connectivity index (χ2v) is 6.70. The molecule has 1 radical (unpaired) electrons. The molecule has 5 rings (SSSR count). The Morgan fingerprint density at radius 1 is 0.800 bits per heavy atom. The molecule has 3 nitrogen and oxygen atoms in total. The summed E-state index contributed by atoms with van der Waals surface area (Å²) in [6.45, 7) is 4.00. The molecule has 151 valence electrons. The summed E-state index contributed by atoms with van der Waals surface area (Å²) >= 11 is 0. The number of aryl methyl sites for hydroxylation is 2. The number of benzene rings is 2. The van der Waals surface area contributed by atoms with Gasteiger partial charge in [-0.25, -0.2) is 0 Å². The predicted octanol–water partition coefficient (Wildman–Crippen LogP) is 6.46. The maximum absolute atomic E-state index is 5.60. The molecular weight excluding hydrogens is 549 g/mol. The topological polar surface area (TPSA) is 38.9 Å². The van der Waals surface area contributed by atoms with E-state index in [9.17, 15) is 0 Å². The first-order chi connectivity index (χ1) is 14.2. The quantitative estimate of drug-likeness (QED) is 0.230. The smallest absolute Gasteiger partial charge is 0.128 e. The molecule has 3 heterocycles. The van der Waals surface area contributed by atoms with E-state index in [1.165, 1.54) is 5.56 Å². The molecule has 2 aromatic carbocycles. The molecule has 5 aromatic rings. The third-order valence-electron chi connectivity index (χ3n) is 4.44. The number of furan rings is 1. The van der Waals surface area contributed by atoms with Crippen molar-refractivity contribution in [2.75, 3.05) is 0 Å². The molecule has 0 aliphatic rings. The zero-order chi connectivity index (χ0) is 20.1. The van der Waals surface area contributed by atoms with Crippen LogP contribution in [0, 0.1) is 26.0 Å². The Kier molecular flexibility index (Phi) is 7.29. The van der Waals surface area contributed by atoms with Gasteiger partial charge in [0.25, 0.3) is 0 Å². The zero-order valence-electron chi connectivity index (χ0n) is 16.7. The van der Waals surface area contributed by atoms with Gasteiger partial charge in [-0.2, -0.15) is 0 Å². The normalized spacial score (nSPS) is 10.1. The minimum atomic E-state index is 0. The van der Waals surface area contributed by atoms with Crippen molar-refractivity contribution in [2.24, 2.45) is 0 Å². The molecule has 0 N–H and O–H groups in total. The summed E-state index contributed by atoms with van der Waals surface area (Å²) in [6, 6.07) is 30.1. The molecule has 30 heavy (non-hydrogen) atoms. The van der Waals surface area contributed by atoms with Gasteiger partial charge in [-0.15, -0.1) is 71.3 Å². The van der Waals surface area contributed by atoms with Gasteiger partial charge in [0.1, 0.15) is 11.3 Å². The Balaban J connectivity index is 0.000000175. The van der Waals surface area contributed by atoms with Crippen LogP contribution >= 0.6 is 0 Å². The van der Waals surface area contributed by atoms with Crippen LogP contribution in [-0.4, -0.2) is 9.97 Å². The van der Waals surface area contributed by atoms with Crippen molar-refractivity contribution in [1.82, 2.24) is 9.97 Å². The van der Waals surface area contributed by atoms with Crippen LogP contribution in [0.3, 0.4) is 0 Å². The molecule has 0 atom stereocenters. The van der Waals surface area contributed by atoms with Crippen molar-refractivity contribution in [3.05, 3.63) is 109 Å². The van der Waals surface area contributed by atoms with E-state index >= 15 is 0 Å². The van der Waals surface area contributed by atoms with E-state index in [0.717, 1.165) is 39.2 Å². The van der Waals surface area contributed by atoms with Gasteiger partial charge >= 0.3 is 0 Å². The average Bonchev–Trinajstić information content (AvgIpc) is 3.16. The second kappa shape index (κ2) is 10.1. The summed E-state index contributed by atoms with van der Waals surface area (Å²) in [5.41, 5.74) is 6.02. The van der Waals surface area contributed by atoms with Crippen LogP contribution in [-0.2, 0) is 20.1 Å². The Labute approximate surface area is 190 Å². The first kappa shape index (κ1) is 21.6. The van der Waals surface area contributed by atoms with Crippen molar-refractivity contribution < 1.29 is 24.5 Å². The first-order valence-corrected chi connectivity index (χ1v) is 9.43. The molecular formula is C26H20IrN2O-2. The summed E-state index contributed by atoms with van der Waals surface area (Å²) in [5, 5.41) is 1.05. The van der Waals surface area contributed by atoms with Gasteiger partial charge in [0.2, 0.25) is 0 Å². The Morgan fingerprint density at radius 2 is 1.67 bits per heavy atom. The number of nitrogens with zero attached hydrogens (tertiary/aromatic N) is 2. The number of rotatable bonds is 2. The number of fused-ring (bicyclic) bond motifs is 1. The molecule has 0 saturated carbocycles. The average molecular weight is 569 g/mol. The molecule has 0 spiro atoms. The number of hydrogen-bond donors (Lipinski definition) is 0. The largest absolute Gasteiger partial charge is 0.462 e. The molecule has 0 aliphatic carbocycles. The molecule has 0 aliphatic heterocycles. The van der Waals surface area contributed by atoms with Crippen molar-refractivity contribution in [2.45, 2.75) is 13.8 Å². The minimum Gasteiger partial charge on any atom is -0.462 e. The van der Waals surface area contributed by atoms with Crippen LogP contribution in [0.15, 0.2) is 89.6 Å². The van der Waals surface area contributed by atoms with Crippen molar-refractivity contribution in [3.63, 3.8) is 0 Å². The summed E-state index contributed by atoms with van der Waals surface area (Å²) in [4.78, 5) is 8.65. The van der Waals surface area contributed by atoms with Gasteiger partial charge in [-0.05, 0) is 36.5 Å². The van der Waals surface area contributed by atoms with E-state index in [4.69, 9.17) is 4.42 Å². The SMILES string of the molecule is Cc1c[c-]c(-c2nccc3oc(C)cc23)cc1.[Ir].[c-]1ccccc1-c1ccccn1. The summed E-state index contributed by atoms with van der Waals surface area (Å²) in [5.74, 6) is 0.904. The summed E-state index contributed by atoms with van der Waals surface area (Å²) in [7, 11) is 0. The third-order valence-corrected chi connectivity index (χ3v) is 4.44. The number of hydrogen-bond acceptors (Lipinski definition) is 3. The Bertz CT molecular complexity index is 1160. The van der Waals surface area contributed by atoms with Crippen molar-refractivity contribution >= 4 is 11.0 Å². The molecule has 3 aromatic heterocycles. The Morgan fingerprint density at radius 3 is 2.37 bits per heavy atom. The van der Waals surface area contributed by atoms with E-state index in [-0.39, 0.29) is 20.1 Å². The van der Waals surface area contributed by atoms with E-state index in [2.05, 4.69) is 35.1 Å². The maximum atomic E-state index is 5.60. The molecule has 0 unspecified atom stereocenters. The maximum Gasteiger partial charge on any atom is 0.128 e. The van der Waals surface area contributed by atoms with Crippen LogP contribution in [0.5, 0.6) is 0 Å². The van der Waals surface area contributed by atoms with Gasteiger partial charge in [-0.3, -0.25) is 0 Å². The Hall–Kier alpha value is -3.07. The third kappa shape index (κ3) is 5.10. The van der Waals surface area contributed by atoms with Gasteiger partial charge in [0.15, 0.2) is 0 Å². The summed E-state index contributed by atoms with van der Waals surface area (Å²) in [6.07, 6.45) is 3.56. The van der Waals surface area contributed by atoms with E-state index < -0.39 is 0 Å². The van der Waals surface area contributed by atoms with E-state index in [0.29, 0.717) is 0 Å². The van der Waals surface area contributed by atoms with E-state index in [1.54, 1.807) is 12.4 Å². The fraction of sp³-hybridized carbons (Fsp3) is 0.0769. The van der Waals surface area contributed by atoms with Gasteiger partial charge in [-0.1, -0.05) is 19.1 Å². The van der Waals surface area contributed by atoms with Crippen LogP contribution in [0.25, 0.3) is 33.5 Å². The molecule has 0 amide bonds. The number of aromatic nitrogens is 2.